The molecule has 204 valence electrons. The lowest BCUT2D eigenvalue weighted by Crippen LogP contribution is -2.36. The summed E-state index contributed by atoms with van der Waals surface area (Å²) >= 11 is 0. The predicted molar refractivity (Wildman–Crippen MR) is 135 cm³/mol. The van der Waals surface area contributed by atoms with Gasteiger partial charge in [0, 0.05) is 32.5 Å². The molecule has 1 amide bonds. The first kappa shape index (κ1) is 34.8. The Kier molecular flexibility index (Phi) is 17.0. The molecule has 0 aliphatic heterocycles. The van der Waals surface area contributed by atoms with E-state index in [2.05, 4.69) is 23.8 Å². The number of alkyl halides is 3. The Morgan fingerprint density at radius 1 is 1.06 bits per heavy atom. The van der Waals surface area contributed by atoms with Crippen LogP contribution in [0.2, 0.25) is 0 Å². The Morgan fingerprint density at radius 3 is 1.94 bits per heavy atom. The van der Waals surface area contributed by atoms with Crippen LogP contribution in [0.5, 0.6) is 0 Å². The molecule has 0 radical (unpaired) electrons. The Labute approximate surface area is 209 Å². The van der Waals surface area contributed by atoms with Crippen LogP contribution in [0.25, 0.3) is 0 Å². The summed E-state index contributed by atoms with van der Waals surface area (Å²) in [4.78, 5) is 32.9. The Hall–Kier alpha value is -2.39. The standard InChI is InChI=1S/C14H22F3N3.C9H17NO3.C2H6/c1-4-7-20(8-6-11(3)5-2)13-18-9-12(10-19-13)14(15,16)17;1-7(11)6-10(5)8(12)13-9(2,3)4;1-2/h9-11H,4-8H2,1-3H3;6H2,1-5H3;1-2H3. The summed E-state index contributed by atoms with van der Waals surface area (Å²) < 4.78 is 42.5. The van der Waals surface area contributed by atoms with Crippen molar-refractivity contribution in [2.45, 2.75) is 93.4 Å². The topological polar surface area (TPSA) is 75.6 Å². The summed E-state index contributed by atoms with van der Waals surface area (Å²) in [7, 11) is 1.54. The fourth-order valence-electron chi connectivity index (χ4n) is 2.53. The molecule has 0 saturated carbocycles. The molecule has 0 fully saturated rings. The van der Waals surface area contributed by atoms with Crippen LogP contribution in [-0.4, -0.2) is 59.0 Å². The number of likely N-dealkylation sites (N-methyl/N-ethyl adjacent to an activating group) is 1. The zero-order chi connectivity index (χ0) is 27.8. The van der Waals surface area contributed by atoms with E-state index in [1.165, 1.54) is 18.9 Å². The molecule has 0 bridgehead atoms. The molecule has 0 aromatic carbocycles. The number of ether oxygens (including phenoxy) is 1. The van der Waals surface area contributed by atoms with Crippen molar-refractivity contribution in [2.24, 2.45) is 5.92 Å². The zero-order valence-corrected chi connectivity index (χ0v) is 23.1. The molecule has 7 nitrogen and oxygen atoms in total. The second-order valence-corrected chi connectivity index (χ2v) is 9.10. The van der Waals surface area contributed by atoms with Crippen molar-refractivity contribution in [3.8, 4) is 0 Å². The highest BCUT2D eigenvalue weighted by Crippen LogP contribution is 2.28. The fraction of sp³-hybridized carbons (Fsp3) is 0.760. The van der Waals surface area contributed by atoms with Crippen molar-refractivity contribution in [3.63, 3.8) is 0 Å². The van der Waals surface area contributed by atoms with Crippen LogP contribution in [0.3, 0.4) is 0 Å². The van der Waals surface area contributed by atoms with Gasteiger partial charge < -0.3 is 14.5 Å². The van der Waals surface area contributed by atoms with Gasteiger partial charge in [0.05, 0.1) is 12.1 Å². The molecular weight excluding hydrogens is 461 g/mol. The molecule has 0 saturated heterocycles. The maximum absolute atomic E-state index is 12.5. The van der Waals surface area contributed by atoms with Crippen molar-refractivity contribution in [1.82, 2.24) is 14.9 Å². The van der Waals surface area contributed by atoms with Gasteiger partial charge in [0.2, 0.25) is 5.95 Å². The Morgan fingerprint density at radius 2 is 1.57 bits per heavy atom. The van der Waals surface area contributed by atoms with Crippen molar-refractivity contribution >= 4 is 17.8 Å². The molecule has 1 heterocycles. The number of anilines is 1. The number of rotatable bonds is 9. The number of carbonyl (C=O) groups is 2. The van der Waals surface area contributed by atoms with Gasteiger partial charge >= 0.3 is 12.3 Å². The summed E-state index contributed by atoms with van der Waals surface area (Å²) in [6, 6.07) is 0. The van der Waals surface area contributed by atoms with E-state index in [-0.39, 0.29) is 12.3 Å². The monoisotopic (exact) mass is 506 g/mol. The van der Waals surface area contributed by atoms with Gasteiger partial charge in [-0.1, -0.05) is 41.0 Å². The molecule has 35 heavy (non-hydrogen) atoms. The van der Waals surface area contributed by atoms with E-state index in [0.29, 0.717) is 11.9 Å². The van der Waals surface area contributed by atoms with Crippen LogP contribution >= 0.6 is 0 Å². The molecule has 0 N–H and O–H groups in total. The minimum atomic E-state index is -4.38. The molecule has 1 unspecified atom stereocenters. The van der Waals surface area contributed by atoms with E-state index in [0.717, 1.165) is 44.7 Å². The van der Waals surface area contributed by atoms with E-state index >= 15 is 0 Å². The van der Waals surface area contributed by atoms with E-state index in [1.54, 1.807) is 20.8 Å². The van der Waals surface area contributed by atoms with Gasteiger partial charge in [-0.2, -0.15) is 13.2 Å². The van der Waals surface area contributed by atoms with Crippen LogP contribution < -0.4 is 4.90 Å². The number of Topliss-reactive ketones (excluding diaryl/α,β-unsaturated/α-hetero) is 1. The maximum Gasteiger partial charge on any atom is 0.419 e. The van der Waals surface area contributed by atoms with Crippen LogP contribution in [0, 0.1) is 5.92 Å². The van der Waals surface area contributed by atoms with Crippen LogP contribution in [-0.2, 0) is 15.7 Å². The van der Waals surface area contributed by atoms with Crippen molar-refractivity contribution in [1.29, 1.82) is 0 Å². The van der Waals surface area contributed by atoms with Crippen LogP contribution in [0.15, 0.2) is 12.4 Å². The number of amides is 1. The average Bonchev–Trinajstić information content (AvgIpc) is 2.76. The van der Waals surface area contributed by atoms with Gasteiger partial charge in [0.25, 0.3) is 0 Å². The van der Waals surface area contributed by atoms with Gasteiger partial charge in [-0.3, -0.25) is 4.79 Å². The number of hydrogen-bond acceptors (Lipinski definition) is 6. The van der Waals surface area contributed by atoms with Gasteiger partial charge in [-0.15, -0.1) is 0 Å². The second kappa shape index (κ2) is 17.1. The lowest BCUT2D eigenvalue weighted by Gasteiger charge is -2.23. The third-order valence-corrected chi connectivity index (χ3v) is 4.50. The smallest absolute Gasteiger partial charge is 0.419 e. The molecule has 1 aromatic rings. The van der Waals surface area contributed by atoms with E-state index < -0.39 is 23.4 Å². The minimum Gasteiger partial charge on any atom is -0.444 e. The summed E-state index contributed by atoms with van der Waals surface area (Å²) in [5, 5.41) is 0. The number of carbonyl (C=O) groups excluding carboxylic acids is 2. The number of aromatic nitrogens is 2. The molecule has 1 rings (SSSR count). The summed E-state index contributed by atoms with van der Waals surface area (Å²) in [5.74, 6) is 0.903. The Bertz CT molecular complexity index is 720. The molecule has 0 aliphatic carbocycles. The largest absolute Gasteiger partial charge is 0.444 e. The third kappa shape index (κ3) is 16.8. The van der Waals surface area contributed by atoms with Gasteiger partial charge in [0.15, 0.2) is 0 Å². The Balaban J connectivity index is 0. The first-order valence-corrected chi connectivity index (χ1v) is 12.2. The quantitative estimate of drug-likeness (QED) is 0.375. The van der Waals surface area contributed by atoms with Crippen LogP contribution in [0.4, 0.5) is 23.9 Å². The van der Waals surface area contributed by atoms with Gasteiger partial charge in [0.1, 0.15) is 11.4 Å². The first-order chi connectivity index (χ1) is 16.1. The van der Waals surface area contributed by atoms with E-state index in [1.807, 2.05) is 25.7 Å². The lowest BCUT2D eigenvalue weighted by atomic mass is 10.1. The summed E-state index contributed by atoms with van der Waals surface area (Å²) in [6.07, 6.45) is -0.157. The molecule has 0 spiro atoms. The van der Waals surface area contributed by atoms with Crippen molar-refractivity contribution in [2.75, 3.05) is 31.6 Å². The highest BCUT2D eigenvalue weighted by Gasteiger charge is 2.31. The fourth-order valence-corrected chi connectivity index (χ4v) is 2.53. The SMILES string of the molecule is CC.CC(=O)CN(C)C(=O)OC(C)(C)C.CCCN(CCC(C)CC)c1ncc(C(F)(F)F)cn1. The molecule has 1 aromatic heterocycles. The predicted octanol–water partition coefficient (Wildman–Crippen LogP) is 6.62. The maximum atomic E-state index is 12.5. The normalized spacial score (nSPS) is 11.8. The van der Waals surface area contributed by atoms with Gasteiger partial charge in [-0.25, -0.2) is 14.8 Å². The lowest BCUT2D eigenvalue weighted by molar-refractivity contribution is -0.138. The van der Waals surface area contributed by atoms with Gasteiger partial charge in [-0.05, 0) is 46.5 Å². The first-order valence-electron chi connectivity index (χ1n) is 12.2. The second-order valence-electron chi connectivity index (χ2n) is 9.10. The zero-order valence-electron chi connectivity index (χ0n) is 23.1. The minimum absolute atomic E-state index is 0.0617. The van der Waals surface area contributed by atoms with Crippen molar-refractivity contribution in [3.05, 3.63) is 18.0 Å². The molecule has 1 atom stereocenters. The molecular formula is C25H45F3N4O3. The summed E-state index contributed by atoms with van der Waals surface area (Å²) in [6.45, 7) is 18.7. The average molecular weight is 507 g/mol. The number of ketones is 1. The van der Waals surface area contributed by atoms with Crippen LogP contribution in [0.1, 0.15) is 87.1 Å². The molecule has 0 aliphatic rings. The number of halogens is 3. The third-order valence-electron chi connectivity index (χ3n) is 4.50. The van der Waals surface area contributed by atoms with E-state index in [9.17, 15) is 22.8 Å². The number of nitrogens with zero attached hydrogens (tertiary/aromatic N) is 4. The van der Waals surface area contributed by atoms with E-state index in [4.69, 9.17) is 4.74 Å². The highest BCUT2D eigenvalue weighted by atomic mass is 19.4. The van der Waals surface area contributed by atoms with Crippen molar-refractivity contribution < 1.29 is 27.5 Å². The number of hydrogen-bond donors (Lipinski definition) is 0. The molecule has 10 heteroatoms. The summed E-state index contributed by atoms with van der Waals surface area (Å²) in [5.41, 5.74) is -1.32. The highest BCUT2D eigenvalue weighted by molar-refractivity contribution is 5.81.